The Bertz CT molecular complexity index is 436. The van der Waals surface area contributed by atoms with E-state index in [4.69, 9.17) is 0 Å². The van der Waals surface area contributed by atoms with Gasteiger partial charge in [0.2, 0.25) is 15.0 Å². The first kappa shape index (κ1) is 10.8. The summed E-state index contributed by atoms with van der Waals surface area (Å²) in [6.45, 7) is 2.88. The van der Waals surface area contributed by atoms with Crippen molar-refractivity contribution in [2.24, 2.45) is 0 Å². The van der Waals surface area contributed by atoms with Crippen molar-refractivity contribution in [1.29, 1.82) is 0 Å². The highest BCUT2D eigenvalue weighted by Gasteiger charge is 2.14. The molecule has 0 amide bonds. The van der Waals surface area contributed by atoms with Gasteiger partial charge in [-0.3, -0.25) is 4.79 Å². The van der Waals surface area contributed by atoms with Crippen LogP contribution in [0.15, 0.2) is 17.6 Å². The van der Waals surface area contributed by atoms with Gasteiger partial charge >= 0.3 is 0 Å². The molecule has 0 saturated heterocycles. The zero-order valence-electron chi connectivity index (χ0n) is 7.89. The lowest BCUT2D eigenvalue weighted by Gasteiger charge is -1.99. The number of hydrogen-bond donors (Lipinski definition) is 0. The largest absolute Gasteiger partial charge is 0.294 e. The molecule has 5 nitrogen and oxygen atoms in total. The van der Waals surface area contributed by atoms with E-state index < -0.39 is 9.84 Å². The summed E-state index contributed by atoms with van der Waals surface area (Å²) in [6, 6.07) is 0. The molecule has 1 heterocycles. The summed E-state index contributed by atoms with van der Waals surface area (Å²) >= 11 is 0. The van der Waals surface area contributed by atoms with E-state index in [1.807, 2.05) is 0 Å². The topological polar surface area (TPSA) is 77.0 Å². The molecule has 0 unspecified atom stereocenters. The fraction of sp³-hybridized carbons (Fsp3) is 0.375. The van der Waals surface area contributed by atoms with Crippen LogP contribution in [0.5, 0.6) is 0 Å². The van der Waals surface area contributed by atoms with Crippen LogP contribution in [0.3, 0.4) is 0 Å². The molecule has 0 N–H and O–H groups in total. The van der Waals surface area contributed by atoms with Gasteiger partial charge in [-0.25, -0.2) is 18.4 Å². The second kappa shape index (κ2) is 3.83. The van der Waals surface area contributed by atoms with E-state index >= 15 is 0 Å². The van der Waals surface area contributed by atoms with Crippen molar-refractivity contribution >= 4 is 15.6 Å². The number of sulfone groups is 1. The minimum Gasteiger partial charge on any atom is -0.294 e. The van der Waals surface area contributed by atoms with E-state index in [1.54, 1.807) is 0 Å². The molecule has 0 atom stereocenters. The van der Waals surface area contributed by atoms with Crippen LogP contribution in [0.25, 0.3) is 0 Å². The van der Waals surface area contributed by atoms with Crippen molar-refractivity contribution in [3.63, 3.8) is 0 Å². The number of rotatable bonds is 3. The zero-order valence-corrected chi connectivity index (χ0v) is 8.71. The van der Waals surface area contributed by atoms with E-state index in [9.17, 15) is 13.2 Å². The van der Waals surface area contributed by atoms with E-state index in [0.717, 1.165) is 0 Å². The summed E-state index contributed by atoms with van der Waals surface area (Å²) in [6.07, 6.45) is 2.44. The maximum Gasteiger partial charge on any atom is 0.247 e. The molecule has 0 fully saturated rings. The third-order valence-electron chi connectivity index (χ3n) is 1.69. The number of nitrogens with zero attached hydrogens (tertiary/aromatic N) is 2. The third-order valence-corrected chi connectivity index (χ3v) is 3.22. The summed E-state index contributed by atoms with van der Waals surface area (Å²) < 4.78 is 22.5. The van der Waals surface area contributed by atoms with Gasteiger partial charge in [-0.1, -0.05) is 6.92 Å². The normalized spacial score (nSPS) is 11.3. The molecule has 0 radical (unpaired) electrons. The first-order chi connectivity index (χ1) is 6.47. The third kappa shape index (κ3) is 2.14. The Hall–Kier alpha value is -1.30. The fourth-order valence-corrected chi connectivity index (χ4v) is 1.47. The van der Waals surface area contributed by atoms with Crippen LogP contribution < -0.4 is 0 Å². The highest BCUT2D eigenvalue weighted by molar-refractivity contribution is 7.91. The lowest BCUT2D eigenvalue weighted by molar-refractivity contribution is 0.101. The van der Waals surface area contributed by atoms with Gasteiger partial charge in [-0.15, -0.1) is 0 Å². The quantitative estimate of drug-likeness (QED) is 0.540. The van der Waals surface area contributed by atoms with E-state index in [1.165, 1.54) is 26.2 Å². The van der Waals surface area contributed by atoms with Crippen LogP contribution in [-0.4, -0.2) is 29.9 Å². The highest BCUT2D eigenvalue weighted by atomic mass is 32.2. The van der Waals surface area contributed by atoms with Gasteiger partial charge in [0, 0.05) is 12.4 Å². The van der Waals surface area contributed by atoms with Crippen molar-refractivity contribution in [3.8, 4) is 0 Å². The maximum absolute atomic E-state index is 11.3. The maximum atomic E-state index is 11.3. The standard InChI is InChI=1S/C8H10N2O3S/c1-3-14(12,13)8-9-4-7(5-10-8)6(2)11/h4-5H,3H2,1-2H3. The molecule has 6 heteroatoms. The van der Waals surface area contributed by atoms with Gasteiger partial charge in [0.1, 0.15) is 0 Å². The number of hydrogen-bond acceptors (Lipinski definition) is 5. The SMILES string of the molecule is CCS(=O)(=O)c1ncc(C(C)=O)cn1. The fourth-order valence-electron chi connectivity index (χ4n) is 0.788. The molecular weight excluding hydrogens is 204 g/mol. The monoisotopic (exact) mass is 214 g/mol. The minimum absolute atomic E-state index is 0.0492. The predicted molar refractivity (Wildman–Crippen MR) is 49.8 cm³/mol. The molecule has 14 heavy (non-hydrogen) atoms. The van der Waals surface area contributed by atoms with Crippen LogP contribution in [-0.2, 0) is 9.84 Å². The van der Waals surface area contributed by atoms with Crippen molar-refractivity contribution in [3.05, 3.63) is 18.0 Å². The number of aromatic nitrogens is 2. The summed E-state index contributed by atoms with van der Waals surface area (Å²) in [5, 5.41) is -0.231. The lowest BCUT2D eigenvalue weighted by Crippen LogP contribution is -2.09. The van der Waals surface area contributed by atoms with Gasteiger partial charge in [0.15, 0.2) is 5.78 Å². The average Bonchev–Trinajstić information content (AvgIpc) is 2.18. The van der Waals surface area contributed by atoms with Crippen LogP contribution in [0, 0.1) is 0 Å². The molecule has 1 rings (SSSR count). The number of carbonyl (C=O) groups is 1. The Morgan fingerprint density at radius 1 is 1.36 bits per heavy atom. The first-order valence-electron chi connectivity index (χ1n) is 4.03. The molecule has 0 aromatic carbocycles. The molecular formula is C8H10N2O3S. The summed E-state index contributed by atoms with van der Waals surface area (Å²) in [5.74, 6) is -0.239. The molecule has 0 aliphatic rings. The van der Waals surface area contributed by atoms with E-state index in [0.29, 0.717) is 5.56 Å². The molecule has 0 aliphatic heterocycles. The average molecular weight is 214 g/mol. The Balaban J connectivity index is 3.12. The number of ketones is 1. The van der Waals surface area contributed by atoms with Crippen molar-refractivity contribution in [2.75, 3.05) is 5.75 Å². The second-order valence-corrected chi connectivity index (χ2v) is 4.89. The molecule has 1 aromatic rings. The predicted octanol–water partition coefficient (Wildman–Crippen LogP) is 0.473. The molecule has 76 valence electrons. The highest BCUT2D eigenvalue weighted by Crippen LogP contribution is 2.04. The Morgan fingerprint density at radius 3 is 2.21 bits per heavy atom. The van der Waals surface area contributed by atoms with Crippen molar-refractivity contribution < 1.29 is 13.2 Å². The van der Waals surface area contributed by atoms with Crippen LogP contribution >= 0.6 is 0 Å². The smallest absolute Gasteiger partial charge is 0.247 e. The van der Waals surface area contributed by atoms with E-state index in [2.05, 4.69) is 9.97 Å². The Morgan fingerprint density at radius 2 is 1.86 bits per heavy atom. The van der Waals surface area contributed by atoms with Crippen molar-refractivity contribution in [2.45, 2.75) is 19.0 Å². The van der Waals surface area contributed by atoms with Crippen LogP contribution in [0.4, 0.5) is 0 Å². The molecule has 1 aromatic heterocycles. The summed E-state index contributed by atoms with van der Waals surface area (Å²) in [5.41, 5.74) is 0.306. The zero-order chi connectivity index (χ0) is 10.8. The summed E-state index contributed by atoms with van der Waals surface area (Å²) in [7, 11) is -3.37. The van der Waals surface area contributed by atoms with Gasteiger partial charge in [-0.2, -0.15) is 0 Å². The Labute approximate surface area is 82.1 Å². The lowest BCUT2D eigenvalue weighted by atomic mass is 10.2. The molecule has 0 spiro atoms. The van der Waals surface area contributed by atoms with Crippen LogP contribution in [0.1, 0.15) is 24.2 Å². The molecule has 0 saturated carbocycles. The number of Topliss-reactive ketones (excluding diaryl/α,β-unsaturated/α-hetero) is 1. The summed E-state index contributed by atoms with van der Waals surface area (Å²) in [4.78, 5) is 18.1. The first-order valence-corrected chi connectivity index (χ1v) is 5.68. The van der Waals surface area contributed by atoms with Gasteiger partial charge in [0.25, 0.3) is 0 Å². The van der Waals surface area contributed by atoms with E-state index in [-0.39, 0.29) is 16.7 Å². The molecule has 0 bridgehead atoms. The minimum atomic E-state index is -3.37. The van der Waals surface area contributed by atoms with Gasteiger partial charge in [0.05, 0.1) is 11.3 Å². The van der Waals surface area contributed by atoms with Crippen molar-refractivity contribution in [1.82, 2.24) is 9.97 Å². The van der Waals surface area contributed by atoms with Gasteiger partial charge < -0.3 is 0 Å². The number of carbonyl (C=O) groups excluding carboxylic acids is 1. The van der Waals surface area contributed by atoms with Gasteiger partial charge in [-0.05, 0) is 6.92 Å². The second-order valence-electron chi connectivity index (χ2n) is 2.71. The van der Waals surface area contributed by atoms with Crippen LogP contribution in [0.2, 0.25) is 0 Å². The Kier molecular flexibility index (Phi) is 2.95. The molecule has 0 aliphatic carbocycles.